The number of para-hydroxylation sites is 2. The van der Waals surface area contributed by atoms with E-state index >= 15 is 0 Å². The predicted octanol–water partition coefficient (Wildman–Crippen LogP) is 2.96. The first kappa shape index (κ1) is 27.9. The van der Waals surface area contributed by atoms with E-state index in [0.29, 0.717) is 29.5 Å². The zero-order chi connectivity index (χ0) is 27.1. The molecule has 9 nitrogen and oxygen atoms in total. The first-order chi connectivity index (χ1) is 18.2. The number of nitrogens with one attached hydrogen (secondary N) is 2. The number of hydrogen-bond donors (Lipinski definition) is 2. The third kappa shape index (κ3) is 7.49. The first-order valence-electron chi connectivity index (χ1n) is 13.1. The number of aromatic nitrogens is 1. The third-order valence-electron chi connectivity index (χ3n) is 6.84. The van der Waals surface area contributed by atoms with Gasteiger partial charge in [-0.25, -0.2) is 13.4 Å². The third-order valence-corrected chi connectivity index (χ3v) is 8.45. The average Bonchev–Trinajstić information content (AvgIpc) is 3.33. The van der Waals surface area contributed by atoms with E-state index in [1.165, 1.54) is 0 Å². The molecule has 0 aliphatic carbocycles. The Balaban J connectivity index is 1.52. The van der Waals surface area contributed by atoms with Gasteiger partial charge >= 0.3 is 0 Å². The zero-order valence-electron chi connectivity index (χ0n) is 21.9. The number of rotatable bonds is 12. The van der Waals surface area contributed by atoms with Gasteiger partial charge < -0.3 is 20.0 Å². The average molecular weight is 541 g/mol. The van der Waals surface area contributed by atoms with Crippen LogP contribution in [0.4, 0.5) is 0 Å². The van der Waals surface area contributed by atoms with Crippen LogP contribution >= 0.6 is 0 Å². The molecule has 38 heavy (non-hydrogen) atoms. The topological polar surface area (TPSA) is 122 Å². The fourth-order valence-electron chi connectivity index (χ4n) is 4.76. The lowest BCUT2D eigenvalue weighted by atomic mass is 10.0. The minimum Gasteiger partial charge on any atom is -0.434 e. The van der Waals surface area contributed by atoms with Crippen molar-refractivity contribution in [2.75, 3.05) is 25.9 Å². The largest absolute Gasteiger partial charge is 0.434 e. The lowest BCUT2D eigenvalue weighted by Crippen LogP contribution is -2.56. The lowest BCUT2D eigenvalue weighted by molar-refractivity contribution is -0.123. The van der Waals surface area contributed by atoms with E-state index in [-0.39, 0.29) is 23.4 Å². The van der Waals surface area contributed by atoms with Crippen LogP contribution in [0.15, 0.2) is 59.0 Å². The highest BCUT2D eigenvalue weighted by Gasteiger charge is 2.33. The van der Waals surface area contributed by atoms with E-state index in [1.807, 2.05) is 20.0 Å². The highest BCUT2D eigenvalue weighted by Crippen LogP contribution is 2.18. The van der Waals surface area contributed by atoms with Crippen molar-refractivity contribution in [3.05, 3.63) is 66.1 Å². The Morgan fingerprint density at radius 3 is 2.42 bits per heavy atom. The van der Waals surface area contributed by atoms with Gasteiger partial charge in [-0.15, -0.1) is 0 Å². The molecule has 1 aliphatic heterocycles. The van der Waals surface area contributed by atoms with E-state index in [0.717, 1.165) is 25.9 Å². The number of fused-ring (bicyclic) bond motifs is 1. The Morgan fingerprint density at radius 2 is 1.74 bits per heavy atom. The van der Waals surface area contributed by atoms with Crippen LogP contribution in [0.1, 0.15) is 48.9 Å². The van der Waals surface area contributed by atoms with E-state index in [4.69, 9.17) is 4.42 Å². The number of benzene rings is 2. The summed E-state index contributed by atoms with van der Waals surface area (Å²) in [5.74, 6) is -1.53. The molecule has 2 atom stereocenters. The Morgan fingerprint density at radius 1 is 1.05 bits per heavy atom. The SMILES string of the molecule is CCC[C@H](NC(=O)C(CS(=O)(=O)Cc1ccccc1)NC1CCN(C)CC1)C(=O)c1nc2ccccc2o1. The van der Waals surface area contributed by atoms with Gasteiger partial charge in [-0.1, -0.05) is 55.8 Å². The summed E-state index contributed by atoms with van der Waals surface area (Å²) >= 11 is 0. The number of sulfone groups is 1. The molecule has 10 heteroatoms. The first-order valence-corrected chi connectivity index (χ1v) is 15.0. The summed E-state index contributed by atoms with van der Waals surface area (Å²) in [5, 5.41) is 6.12. The number of piperidine rings is 1. The van der Waals surface area contributed by atoms with Gasteiger partial charge in [-0.3, -0.25) is 9.59 Å². The molecule has 0 saturated carbocycles. The number of ketones is 1. The Bertz CT molecular complexity index is 1300. The molecule has 1 aromatic heterocycles. The lowest BCUT2D eigenvalue weighted by Gasteiger charge is -2.32. The quantitative estimate of drug-likeness (QED) is 0.336. The van der Waals surface area contributed by atoms with Crippen molar-refractivity contribution in [1.82, 2.24) is 20.5 Å². The summed E-state index contributed by atoms with van der Waals surface area (Å²) < 4.78 is 32.0. The number of Topliss-reactive ketones (excluding diaryl/α,β-unsaturated/α-hetero) is 1. The molecule has 0 spiro atoms. The predicted molar refractivity (Wildman–Crippen MR) is 147 cm³/mol. The number of oxazole rings is 1. The Hall–Kier alpha value is -3.08. The molecular formula is C28H36N4O5S. The fourth-order valence-corrected chi connectivity index (χ4v) is 6.33. The molecule has 0 bridgehead atoms. The number of carbonyl (C=O) groups excluding carboxylic acids is 2. The van der Waals surface area contributed by atoms with Gasteiger partial charge in [0, 0.05) is 6.04 Å². The molecule has 2 N–H and O–H groups in total. The van der Waals surface area contributed by atoms with Crippen molar-refractivity contribution >= 4 is 32.6 Å². The molecule has 1 amide bonds. The van der Waals surface area contributed by atoms with Crippen molar-refractivity contribution in [1.29, 1.82) is 0 Å². The van der Waals surface area contributed by atoms with Crippen LogP contribution < -0.4 is 10.6 Å². The Kier molecular flexibility index (Phi) is 9.30. The van der Waals surface area contributed by atoms with Crippen molar-refractivity contribution in [2.24, 2.45) is 0 Å². The van der Waals surface area contributed by atoms with Gasteiger partial charge in [-0.05, 0) is 57.1 Å². The van der Waals surface area contributed by atoms with Crippen molar-refractivity contribution in [3.63, 3.8) is 0 Å². The van der Waals surface area contributed by atoms with Crippen LogP contribution in [-0.4, -0.2) is 74.0 Å². The zero-order valence-corrected chi connectivity index (χ0v) is 22.7. The number of hydrogen-bond acceptors (Lipinski definition) is 8. The van der Waals surface area contributed by atoms with Crippen LogP contribution in [-0.2, 0) is 20.4 Å². The van der Waals surface area contributed by atoms with Gasteiger partial charge in [0.05, 0.1) is 17.5 Å². The van der Waals surface area contributed by atoms with Crippen LogP contribution in [0.25, 0.3) is 11.1 Å². The minimum absolute atomic E-state index is 0.00578. The monoisotopic (exact) mass is 540 g/mol. The molecule has 2 heterocycles. The standard InChI is InChI=1S/C28H36N4O5S/c1-3-9-23(26(33)28-31-22-12-7-8-13-25(22)37-28)30-27(34)24(29-21-14-16-32(2)17-15-21)19-38(35,36)18-20-10-5-4-6-11-20/h4-8,10-13,21,23-24,29H,3,9,14-19H2,1-2H3,(H,30,34)/t23-,24?/m0/s1. The summed E-state index contributed by atoms with van der Waals surface area (Å²) in [6.45, 7) is 3.63. The molecule has 0 radical (unpaired) electrons. The minimum atomic E-state index is -3.63. The van der Waals surface area contributed by atoms with E-state index in [9.17, 15) is 18.0 Å². The smallest absolute Gasteiger partial charge is 0.266 e. The van der Waals surface area contributed by atoms with Gasteiger partial charge in [-0.2, -0.15) is 0 Å². The summed E-state index contributed by atoms with van der Waals surface area (Å²) in [6.07, 6.45) is 2.62. The molecular weight excluding hydrogens is 504 g/mol. The van der Waals surface area contributed by atoms with Crippen LogP contribution in [0.2, 0.25) is 0 Å². The fraction of sp³-hybridized carbons (Fsp3) is 0.464. The molecule has 3 aromatic rings. The normalized spacial score (nSPS) is 16.8. The van der Waals surface area contributed by atoms with E-state index in [1.54, 1.807) is 48.5 Å². The number of nitrogens with zero attached hydrogens (tertiary/aromatic N) is 2. The maximum Gasteiger partial charge on any atom is 0.266 e. The second-order valence-electron chi connectivity index (χ2n) is 10.0. The molecule has 204 valence electrons. The second-order valence-corrected chi connectivity index (χ2v) is 12.1. The summed E-state index contributed by atoms with van der Waals surface area (Å²) in [4.78, 5) is 33.3. The van der Waals surface area contributed by atoms with Gasteiger partial charge in [0.15, 0.2) is 15.4 Å². The maximum atomic E-state index is 13.6. The highest BCUT2D eigenvalue weighted by atomic mass is 32.2. The van der Waals surface area contributed by atoms with Crippen LogP contribution in [0.3, 0.4) is 0 Å². The van der Waals surface area contributed by atoms with E-state index in [2.05, 4.69) is 20.5 Å². The van der Waals surface area contributed by atoms with Gasteiger partial charge in [0.1, 0.15) is 11.6 Å². The molecule has 1 aliphatic rings. The molecule has 1 fully saturated rings. The summed E-state index contributed by atoms with van der Waals surface area (Å²) in [7, 11) is -1.59. The summed E-state index contributed by atoms with van der Waals surface area (Å²) in [6, 6.07) is 14.1. The number of carbonyl (C=O) groups is 2. The van der Waals surface area contributed by atoms with Crippen LogP contribution in [0, 0.1) is 0 Å². The molecule has 4 rings (SSSR count). The molecule has 1 saturated heterocycles. The second kappa shape index (κ2) is 12.6. The molecule has 1 unspecified atom stereocenters. The summed E-state index contributed by atoms with van der Waals surface area (Å²) in [5.41, 5.74) is 1.72. The van der Waals surface area contributed by atoms with Gasteiger partial charge in [0.2, 0.25) is 11.7 Å². The number of amides is 1. The van der Waals surface area contributed by atoms with Crippen molar-refractivity contribution < 1.29 is 22.4 Å². The maximum absolute atomic E-state index is 13.6. The Labute approximate surface area is 223 Å². The van der Waals surface area contributed by atoms with E-state index < -0.39 is 33.6 Å². The highest BCUT2D eigenvalue weighted by molar-refractivity contribution is 7.90. The molecule has 2 aromatic carbocycles. The van der Waals surface area contributed by atoms with Crippen LogP contribution in [0.5, 0.6) is 0 Å². The number of likely N-dealkylation sites (tertiary alicyclic amines) is 1. The van der Waals surface area contributed by atoms with Gasteiger partial charge in [0.25, 0.3) is 5.89 Å². The van der Waals surface area contributed by atoms with Crippen molar-refractivity contribution in [3.8, 4) is 0 Å². The van der Waals surface area contributed by atoms with Crippen molar-refractivity contribution in [2.45, 2.75) is 56.5 Å².